The Kier molecular flexibility index (Phi) is 5.13. The molecule has 3 heteroatoms. The Hall–Kier alpha value is -0.570. The molecule has 0 saturated carbocycles. The predicted octanol–water partition coefficient (Wildman–Crippen LogP) is 2.11. The number of carbonyl (C=O) groups is 1. The number of hydrogen-bond acceptors (Lipinski definition) is 2. The molecule has 14 heavy (non-hydrogen) atoms. The van der Waals surface area contributed by atoms with Crippen LogP contribution in [0.1, 0.15) is 40.5 Å². The Labute approximate surface area is 86.7 Å². The fourth-order valence-electron chi connectivity index (χ4n) is 1.36. The van der Waals surface area contributed by atoms with Gasteiger partial charge in [-0.25, -0.2) is 0 Å². The van der Waals surface area contributed by atoms with Crippen molar-refractivity contribution in [3.63, 3.8) is 0 Å². The van der Waals surface area contributed by atoms with Crippen molar-refractivity contribution in [3.05, 3.63) is 0 Å². The minimum atomic E-state index is -0.749. The van der Waals surface area contributed by atoms with Gasteiger partial charge >= 0.3 is 5.97 Å². The minimum Gasteiger partial charge on any atom is -0.481 e. The van der Waals surface area contributed by atoms with E-state index < -0.39 is 5.97 Å². The Bertz CT molecular complexity index is 184. The van der Waals surface area contributed by atoms with Crippen molar-refractivity contribution in [2.75, 3.05) is 6.54 Å². The summed E-state index contributed by atoms with van der Waals surface area (Å²) in [5.74, 6) is -0.140. The topological polar surface area (TPSA) is 63.3 Å². The third kappa shape index (κ3) is 5.22. The first-order valence-corrected chi connectivity index (χ1v) is 5.19. The normalized spacial score (nSPS) is 16.4. The quantitative estimate of drug-likeness (QED) is 0.716. The van der Waals surface area contributed by atoms with Crippen LogP contribution in [0.4, 0.5) is 0 Å². The van der Waals surface area contributed by atoms with E-state index >= 15 is 0 Å². The van der Waals surface area contributed by atoms with Gasteiger partial charge in [0.2, 0.25) is 0 Å². The zero-order chi connectivity index (χ0) is 11.4. The third-order valence-electron chi connectivity index (χ3n) is 2.96. The maximum absolute atomic E-state index is 10.5. The van der Waals surface area contributed by atoms with Crippen LogP contribution in [-0.4, -0.2) is 17.6 Å². The largest absolute Gasteiger partial charge is 0.481 e. The van der Waals surface area contributed by atoms with Gasteiger partial charge in [0.15, 0.2) is 0 Å². The molecular weight excluding hydrogens is 178 g/mol. The molecule has 0 aliphatic heterocycles. The fourth-order valence-corrected chi connectivity index (χ4v) is 1.36. The monoisotopic (exact) mass is 201 g/mol. The van der Waals surface area contributed by atoms with Crippen molar-refractivity contribution in [2.24, 2.45) is 23.0 Å². The summed E-state index contributed by atoms with van der Waals surface area (Å²) in [6.07, 6.45) is 1.09. The molecule has 3 N–H and O–H groups in total. The molecule has 1 unspecified atom stereocenters. The van der Waals surface area contributed by atoms with E-state index in [1.807, 2.05) is 0 Å². The van der Waals surface area contributed by atoms with Gasteiger partial charge in [0.25, 0.3) is 0 Å². The maximum Gasteiger partial charge on any atom is 0.303 e. The van der Waals surface area contributed by atoms with Crippen molar-refractivity contribution in [1.29, 1.82) is 0 Å². The molecule has 0 saturated heterocycles. The van der Waals surface area contributed by atoms with E-state index in [1.54, 1.807) is 0 Å². The summed E-state index contributed by atoms with van der Waals surface area (Å²) in [5.41, 5.74) is 5.78. The first kappa shape index (κ1) is 13.4. The number of hydrogen-bond donors (Lipinski definition) is 2. The first-order valence-electron chi connectivity index (χ1n) is 5.19. The molecule has 0 radical (unpaired) electrons. The Morgan fingerprint density at radius 1 is 1.43 bits per heavy atom. The lowest BCUT2D eigenvalue weighted by Gasteiger charge is -2.29. The van der Waals surface area contributed by atoms with Gasteiger partial charge in [0, 0.05) is 6.42 Å². The van der Waals surface area contributed by atoms with Crippen LogP contribution in [0.5, 0.6) is 0 Å². The van der Waals surface area contributed by atoms with Gasteiger partial charge in [-0.1, -0.05) is 27.7 Å². The molecule has 0 spiro atoms. The van der Waals surface area contributed by atoms with Gasteiger partial charge in [0.1, 0.15) is 0 Å². The zero-order valence-electron chi connectivity index (χ0n) is 9.71. The molecule has 2 atom stereocenters. The highest BCUT2D eigenvalue weighted by Crippen LogP contribution is 2.31. The summed E-state index contributed by atoms with van der Waals surface area (Å²) in [6, 6.07) is 0. The number of carboxylic acid groups (broad SMARTS) is 1. The summed E-state index contributed by atoms with van der Waals surface area (Å²) in [7, 11) is 0. The molecule has 0 rings (SSSR count). The van der Waals surface area contributed by atoms with Crippen molar-refractivity contribution < 1.29 is 9.90 Å². The first-order chi connectivity index (χ1) is 6.27. The van der Waals surface area contributed by atoms with Crippen LogP contribution < -0.4 is 5.73 Å². The fraction of sp³-hybridized carbons (Fsp3) is 0.909. The highest BCUT2D eigenvalue weighted by Gasteiger charge is 2.24. The summed E-state index contributed by atoms with van der Waals surface area (Å²) in [6.45, 7) is 9.14. The molecular formula is C11H23NO2. The summed E-state index contributed by atoms with van der Waals surface area (Å²) < 4.78 is 0. The van der Waals surface area contributed by atoms with E-state index in [0.717, 1.165) is 6.42 Å². The van der Waals surface area contributed by atoms with Crippen molar-refractivity contribution in [1.82, 2.24) is 0 Å². The van der Waals surface area contributed by atoms with Crippen LogP contribution in [0.2, 0.25) is 0 Å². The van der Waals surface area contributed by atoms with Crippen LogP contribution in [0.15, 0.2) is 0 Å². The molecule has 0 heterocycles. The molecule has 0 aliphatic rings. The van der Waals surface area contributed by atoms with E-state index in [9.17, 15) is 4.79 Å². The number of nitrogens with two attached hydrogens (primary N) is 1. The van der Waals surface area contributed by atoms with E-state index in [-0.39, 0.29) is 17.8 Å². The van der Waals surface area contributed by atoms with Gasteiger partial charge in [-0.05, 0) is 30.2 Å². The smallest absolute Gasteiger partial charge is 0.303 e. The molecule has 84 valence electrons. The van der Waals surface area contributed by atoms with E-state index in [2.05, 4.69) is 27.7 Å². The van der Waals surface area contributed by atoms with Gasteiger partial charge in [0.05, 0.1) is 0 Å². The van der Waals surface area contributed by atoms with Gasteiger partial charge < -0.3 is 10.8 Å². The second kappa shape index (κ2) is 5.35. The second-order valence-corrected chi connectivity index (χ2v) is 5.20. The molecule has 0 fully saturated rings. The Morgan fingerprint density at radius 3 is 2.21 bits per heavy atom. The summed E-state index contributed by atoms with van der Waals surface area (Å²) in [4.78, 5) is 10.5. The number of rotatable bonds is 5. The number of carboxylic acids is 1. The maximum atomic E-state index is 10.5. The molecule has 3 nitrogen and oxygen atoms in total. The van der Waals surface area contributed by atoms with Crippen molar-refractivity contribution in [3.8, 4) is 0 Å². The molecule has 0 aromatic rings. The number of aliphatic carboxylic acids is 1. The standard InChI is InChI=1S/C11H23NO2/c1-8(11(2,3)4)5-9(7-12)6-10(13)14/h8-9H,5-7,12H2,1-4H3,(H,13,14)/t8?,9-/m0/s1. The predicted molar refractivity (Wildman–Crippen MR) is 58.0 cm³/mol. The minimum absolute atomic E-state index is 0.113. The molecule has 0 amide bonds. The van der Waals surface area contributed by atoms with E-state index in [0.29, 0.717) is 12.5 Å². The highest BCUT2D eigenvalue weighted by molar-refractivity contribution is 5.67. The Balaban J connectivity index is 4.11. The average Bonchev–Trinajstić information content (AvgIpc) is 2.00. The summed E-state index contributed by atoms with van der Waals surface area (Å²) in [5, 5.41) is 8.68. The van der Waals surface area contributed by atoms with Crippen LogP contribution in [-0.2, 0) is 4.79 Å². The lowest BCUT2D eigenvalue weighted by Crippen LogP contribution is -2.25. The van der Waals surface area contributed by atoms with Crippen LogP contribution >= 0.6 is 0 Å². The molecule has 0 aromatic heterocycles. The van der Waals surface area contributed by atoms with Gasteiger partial charge in [-0.15, -0.1) is 0 Å². The lowest BCUT2D eigenvalue weighted by molar-refractivity contribution is -0.138. The molecule has 0 aromatic carbocycles. The van der Waals surface area contributed by atoms with Crippen molar-refractivity contribution in [2.45, 2.75) is 40.5 Å². The average molecular weight is 201 g/mol. The third-order valence-corrected chi connectivity index (χ3v) is 2.96. The molecule has 0 aliphatic carbocycles. The van der Waals surface area contributed by atoms with E-state index in [4.69, 9.17) is 10.8 Å². The van der Waals surface area contributed by atoms with Crippen LogP contribution in [0, 0.1) is 17.3 Å². The van der Waals surface area contributed by atoms with Crippen LogP contribution in [0.25, 0.3) is 0 Å². The zero-order valence-corrected chi connectivity index (χ0v) is 9.71. The second-order valence-electron chi connectivity index (χ2n) is 5.20. The summed E-state index contributed by atoms with van der Waals surface area (Å²) >= 11 is 0. The van der Waals surface area contributed by atoms with Crippen LogP contribution in [0.3, 0.4) is 0 Å². The molecule has 0 bridgehead atoms. The Morgan fingerprint density at radius 2 is 1.93 bits per heavy atom. The highest BCUT2D eigenvalue weighted by atomic mass is 16.4. The van der Waals surface area contributed by atoms with Crippen molar-refractivity contribution >= 4 is 5.97 Å². The lowest BCUT2D eigenvalue weighted by atomic mass is 9.76. The SMILES string of the molecule is CC(C[C@H](CN)CC(=O)O)C(C)(C)C. The van der Waals surface area contributed by atoms with Gasteiger partial charge in [-0.2, -0.15) is 0 Å². The van der Waals surface area contributed by atoms with Gasteiger partial charge in [-0.3, -0.25) is 4.79 Å². The van der Waals surface area contributed by atoms with E-state index in [1.165, 1.54) is 0 Å².